The van der Waals surface area contributed by atoms with Crippen molar-refractivity contribution in [1.82, 2.24) is 10.2 Å². The van der Waals surface area contributed by atoms with Crippen LogP contribution in [0.4, 0.5) is 0 Å². The molecule has 0 bridgehead atoms. The predicted molar refractivity (Wildman–Crippen MR) is 66.5 cm³/mol. The summed E-state index contributed by atoms with van der Waals surface area (Å²) in [7, 11) is 0. The molecule has 1 N–H and O–H groups in total. The summed E-state index contributed by atoms with van der Waals surface area (Å²) < 4.78 is 0. The van der Waals surface area contributed by atoms with Gasteiger partial charge in [0.25, 0.3) is 0 Å². The highest BCUT2D eigenvalue weighted by Crippen LogP contribution is 2.08. The molecule has 4 heteroatoms. The maximum Gasteiger partial charge on any atom is 0.236 e. The van der Waals surface area contributed by atoms with Gasteiger partial charge in [0.05, 0.1) is 6.54 Å². The fraction of sp³-hybridized carbons (Fsp3) is 0.583. The molecule has 1 aromatic heterocycles. The van der Waals surface area contributed by atoms with Gasteiger partial charge in [-0.1, -0.05) is 0 Å². The minimum absolute atomic E-state index is 0.245. The number of nitrogens with zero attached hydrogens (tertiary/aromatic N) is 1. The zero-order valence-electron chi connectivity index (χ0n) is 9.45. The molecule has 1 aliphatic heterocycles. The summed E-state index contributed by atoms with van der Waals surface area (Å²) in [5.41, 5.74) is 1.26. The molecule has 2 heterocycles. The van der Waals surface area contributed by atoms with Gasteiger partial charge in [-0.25, -0.2) is 0 Å². The number of rotatable bonds is 4. The van der Waals surface area contributed by atoms with Crippen molar-refractivity contribution in [2.24, 2.45) is 0 Å². The van der Waals surface area contributed by atoms with E-state index in [0.717, 1.165) is 32.5 Å². The molecule has 1 aliphatic rings. The largest absolute Gasteiger partial charge is 0.342 e. The first-order valence-electron chi connectivity index (χ1n) is 5.86. The molecule has 3 nitrogen and oxygen atoms in total. The second-order valence-corrected chi connectivity index (χ2v) is 4.96. The van der Waals surface area contributed by atoms with Crippen molar-refractivity contribution >= 4 is 17.2 Å². The van der Waals surface area contributed by atoms with Crippen molar-refractivity contribution in [3.8, 4) is 0 Å². The Labute approximate surface area is 100 Å². The van der Waals surface area contributed by atoms with Crippen LogP contribution in [0.15, 0.2) is 16.8 Å². The van der Waals surface area contributed by atoms with Gasteiger partial charge >= 0.3 is 0 Å². The molecule has 0 aromatic carbocycles. The Kier molecular flexibility index (Phi) is 4.36. The SMILES string of the molecule is O=C(CNCc1ccsc1)N1CCCCC1. The lowest BCUT2D eigenvalue weighted by Gasteiger charge is -2.26. The molecule has 0 spiro atoms. The molecule has 88 valence electrons. The quantitative estimate of drug-likeness (QED) is 0.868. The number of carbonyl (C=O) groups is 1. The van der Waals surface area contributed by atoms with Gasteiger partial charge in [-0.05, 0) is 41.7 Å². The Morgan fingerprint density at radius 3 is 2.88 bits per heavy atom. The van der Waals surface area contributed by atoms with E-state index in [4.69, 9.17) is 0 Å². The second kappa shape index (κ2) is 6.01. The molecule has 0 unspecified atom stereocenters. The molecular weight excluding hydrogens is 220 g/mol. The molecule has 2 rings (SSSR count). The summed E-state index contributed by atoms with van der Waals surface area (Å²) in [6.45, 7) is 3.15. The lowest BCUT2D eigenvalue weighted by Crippen LogP contribution is -2.40. The average molecular weight is 238 g/mol. The third-order valence-electron chi connectivity index (χ3n) is 2.89. The van der Waals surface area contributed by atoms with Gasteiger partial charge in [0.2, 0.25) is 5.91 Å². The average Bonchev–Trinajstić information content (AvgIpc) is 2.83. The van der Waals surface area contributed by atoms with Crippen LogP contribution in [0, 0.1) is 0 Å². The van der Waals surface area contributed by atoms with Crippen molar-refractivity contribution in [1.29, 1.82) is 0 Å². The van der Waals surface area contributed by atoms with E-state index < -0.39 is 0 Å². The summed E-state index contributed by atoms with van der Waals surface area (Å²) in [5.74, 6) is 0.245. The van der Waals surface area contributed by atoms with Gasteiger partial charge in [-0.2, -0.15) is 11.3 Å². The normalized spacial score (nSPS) is 16.4. The summed E-state index contributed by atoms with van der Waals surface area (Å²) in [6, 6.07) is 2.09. The fourth-order valence-corrected chi connectivity index (χ4v) is 2.63. The van der Waals surface area contributed by atoms with Crippen molar-refractivity contribution < 1.29 is 4.79 Å². The molecule has 0 aliphatic carbocycles. The summed E-state index contributed by atoms with van der Waals surface area (Å²) in [4.78, 5) is 13.8. The van der Waals surface area contributed by atoms with E-state index in [0.29, 0.717) is 6.54 Å². The van der Waals surface area contributed by atoms with Crippen LogP contribution in [-0.2, 0) is 11.3 Å². The van der Waals surface area contributed by atoms with Crippen LogP contribution in [0.2, 0.25) is 0 Å². The van der Waals surface area contributed by atoms with E-state index in [9.17, 15) is 4.79 Å². The van der Waals surface area contributed by atoms with E-state index in [1.54, 1.807) is 11.3 Å². The zero-order valence-corrected chi connectivity index (χ0v) is 10.3. The predicted octanol–water partition coefficient (Wildman–Crippen LogP) is 1.85. The Morgan fingerprint density at radius 1 is 1.38 bits per heavy atom. The highest BCUT2D eigenvalue weighted by molar-refractivity contribution is 7.07. The molecular formula is C12H18N2OS. The van der Waals surface area contributed by atoms with E-state index in [1.807, 2.05) is 4.90 Å². The monoisotopic (exact) mass is 238 g/mol. The highest BCUT2D eigenvalue weighted by Gasteiger charge is 2.15. The van der Waals surface area contributed by atoms with Crippen LogP contribution in [0.5, 0.6) is 0 Å². The Bertz CT molecular complexity index is 318. The number of likely N-dealkylation sites (tertiary alicyclic amines) is 1. The number of hydrogen-bond acceptors (Lipinski definition) is 3. The van der Waals surface area contributed by atoms with Gasteiger partial charge in [-0.3, -0.25) is 4.79 Å². The van der Waals surface area contributed by atoms with Crippen molar-refractivity contribution in [3.05, 3.63) is 22.4 Å². The van der Waals surface area contributed by atoms with Crippen molar-refractivity contribution in [3.63, 3.8) is 0 Å². The molecule has 0 radical (unpaired) electrons. The number of nitrogens with one attached hydrogen (secondary N) is 1. The highest BCUT2D eigenvalue weighted by atomic mass is 32.1. The maximum absolute atomic E-state index is 11.8. The number of amides is 1. The standard InChI is InChI=1S/C12H18N2OS/c15-12(14-5-2-1-3-6-14)9-13-8-11-4-7-16-10-11/h4,7,10,13H,1-3,5-6,8-9H2. The number of piperidine rings is 1. The lowest BCUT2D eigenvalue weighted by atomic mass is 10.1. The molecule has 1 fully saturated rings. The first-order chi connectivity index (χ1) is 7.86. The topological polar surface area (TPSA) is 32.3 Å². The number of thiophene rings is 1. The van der Waals surface area contributed by atoms with E-state index in [1.165, 1.54) is 12.0 Å². The maximum atomic E-state index is 11.8. The summed E-state index contributed by atoms with van der Waals surface area (Å²) in [5, 5.41) is 7.37. The molecule has 1 aromatic rings. The smallest absolute Gasteiger partial charge is 0.236 e. The minimum atomic E-state index is 0.245. The lowest BCUT2D eigenvalue weighted by molar-refractivity contribution is -0.131. The van der Waals surface area contributed by atoms with E-state index in [-0.39, 0.29) is 5.91 Å². The van der Waals surface area contributed by atoms with Crippen LogP contribution in [0.3, 0.4) is 0 Å². The van der Waals surface area contributed by atoms with Crippen LogP contribution < -0.4 is 5.32 Å². The molecule has 1 amide bonds. The first-order valence-corrected chi connectivity index (χ1v) is 6.80. The van der Waals surface area contributed by atoms with Gasteiger partial charge in [0.1, 0.15) is 0 Å². The van der Waals surface area contributed by atoms with Crippen LogP contribution in [-0.4, -0.2) is 30.4 Å². The summed E-state index contributed by atoms with van der Waals surface area (Å²) in [6.07, 6.45) is 3.60. The van der Waals surface area contributed by atoms with Gasteiger partial charge in [0.15, 0.2) is 0 Å². The minimum Gasteiger partial charge on any atom is -0.342 e. The molecule has 0 atom stereocenters. The molecule has 0 saturated carbocycles. The number of carbonyl (C=O) groups excluding carboxylic acids is 1. The van der Waals surface area contributed by atoms with E-state index in [2.05, 4.69) is 22.1 Å². The third kappa shape index (κ3) is 3.32. The second-order valence-electron chi connectivity index (χ2n) is 4.18. The van der Waals surface area contributed by atoms with Crippen LogP contribution in [0.1, 0.15) is 24.8 Å². The van der Waals surface area contributed by atoms with Crippen LogP contribution in [0.25, 0.3) is 0 Å². The van der Waals surface area contributed by atoms with Gasteiger partial charge < -0.3 is 10.2 Å². The molecule has 16 heavy (non-hydrogen) atoms. The Balaban J connectivity index is 1.67. The van der Waals surface area contributed by atoms with E-state index >= 15 is 0 Å². The fourth-order valence-electron chi connectivity index (χ4n) is 1.96. The first kappa shape index (κ1) is 11.6. The van der Waals surface area contributed by atoms with Gasteiger partial charge in [0, 0.05) is 19.6 Å². The third-order valence-corrected chi connectivity index (χ3v) is 3.63. The zero-order chi connectivity index (χ0) is 11.2. The Hall–Kier alpha value is -0.870. The Morgan fingerprint density at radius 2 is 2.19 bits per heavy atom. The van der Waals surface area contributed by atoms with Crippen LogP contribution >= 0.6 is 11.3 Å². The summed E-state index contributed by atoms with van der Waals surface area (Å²) >= 11 is 1.69. The molecule has 1 saturated heterocycles. The van der Waals surface area contributed by atoms with Gasteiger partial charge in [-0.15, -0.1) is 0 Å². The van der Waals surface area contributed by atoms with Crippen molar-refractivity contribution in [2.45, 2.75) is 25.8 Å². The number of hydrogen-bond donors (Lipinski definition) is 1. The van der Waals surface area contributed by atoms with Crippen molar-refractivity contribution in [2.75, 3.05) is 19.6 Å².